The number of pyridine rings is 1. The van der Waals surface area contributed by atoms with Crippen molar-refractivity contribution < 1.29 is 4.74 Å². The summed E-state index contributed by atoms with van der Waals surface area (Å²) in [5, 5.41) is 3.35. The van der Waals surface area contributed by atoms with Crippen LogP contribution in [-0.2, 0) is 6.42 Å². The SMILES string of the molecule is CCCC(Cc1ncc(C)c(OC)c1C)NC. The molecule has 0 aliphatic heterocycles. The number of aryl methyl sites for hydroxylation is 1. The third-order valence-electron chi connectivity index (χ3n) is 3.23. The molecule has 0 fully saturated rings. The zero-order valence-corrected chi connectivity index (χ0v) is 11.6. The predicted octanol–water partition coefficient (Wildman–Crippen LogP) is 2.64. The van der Waals surface area contributed by atoms with Gasteiger partial charge in [0, 0.05) is 35.5 Å². The second-order valence-corrected chi connectivity index (χ2v) is 4.52. The van der Waals surface area contributed by atoms with Gasteiger partial charge in [0.05, 0.1) is 7.11 Å². The maximum atomic E-state index is 5.43. The van der Waals surface area contributed by atoms with Gasteiger partial charge in [0.15, 0.2) is 0 Å². The van der Waals surface area contributed by atoms with E-state index in [0.717, 1.165) is 23.4 Å². The van der Waals surface area contributed by atoms with Gasteiger partial charge in [-0.1, -0.05) is 13.3 Å². The van der Waals surface area contributed by atoms with Crippen molar-refractivity contribution in [1.29, 1.82) is 0 Å². The Morgan fingerprint density at radius 1 is 1.41 bits per heavy atom. The Morgan fingerprint density at radius 2 is 2.12 bits per heavy atom. The molecule has 1 unspecified atom stereocenters. The second kappa shape index (κ2) is 6.60. The van der Waals surface area contributed by atoms with Gasteiger partial charge in [-0.2, -0.15) is 0 Å². The Labute approximate surface area is 105 Å². The van der Waals surface area contributed by atoms with Crippen molar-refractivity contribution in [2.24, 2.45) is 0 Å². The molecule has 1 rings (SSSR count). The third kappa shape index (κ3) is 3.43. The monoisotopic (exact) mass is 236 g/mol. The molecule has 3 nitrogen and oxygen atoms in total. The van der Waals surface area contributed by atoms with E-state index in [2.05, 4.69) is 24.1 Å². The first kappa shape index (κ1) is 14.0. The van der Waals surface area contributed by atoms with Crippen LogP contribution in [0.25, 0.3) is 0 Å². The molecular formula is C14H24N2O. The number of methoxy groups -OCH3 is 1. The van der Waals surface area contributed by atoms with Gasteiger partial charge in [-0.3, -0.25) is 4.98 Å². The molecule has 1 atom stereocenters. The summed E-state index contributed by atoms with van der Waals surface area (Å²) >= 11 is 0. The molecule has 0 spiro atoms. The fourth-order valence-electron chi connectivity index (χ4n) is 2.21. The Balaban J connectivity index is 2.91. The van der Waals surface area contributed by atoms with Gasteiger partial charge in [-0.25, -0.2) is 0 Å². The van der Waals surface area contributed by atoms with Crippen LogP contribution in [-0.4, -0.2) is 25.2 Å². The number of aromatic nitrogens is 1. The molecule has 0 aromatic carbocycles. The van der Waals surface area contributed by atoms with Gasteiger partial charge in [0.25, 0.3) is 0 Å². The zero-order chi connectivity index (χ0) is 12.8. The first-order valence-corrected chi connectivity index (χ1v) is 6.30. The van der Waals surface area contributed by atoms with Crippen LogP contribution in [0.3, 0.4) is 0 Å². The highest BCUT2D eigenvalue weighted by Crippen LogP contribution is 2.24. The minimum Gasteiger partial charge on any atom is -0.496 e. The van der Waals surface area contributed by atoms with Crippen LogP contribution in [0.1, 0.15) is 36.6 Å². The van der Waals surface area contributed by atoms with E-state index in [-0.39, 0.29) is 0 Å². The predicted molar refractivity (Wildman–Crippen MR) is 71.7 cm³/mol. The average Bonchev–Trinajstić information content (AvgIpc) is 2.32. The quantitative estimate of drug-likeness (QED) is 0.824. The van der Waals surface area contributed by atoms with Crippen molar-refractivity contribution in [2.75, 3.05) is 14.2 Å². The van der Waals surface area contributed by atoms with Crippen LogP contribution in [0.4, 0.5) is 0 Å². The Morgan fingerprint density at radius 3 is 2.65 bits per heavy atom. The van der Waals surface area contributed by atoms with Gasteiger partial charge < -0.3 is 10.1 Å². The highest BCUT2D eigenvalue weighted by molar-refractivity contribution is 5.41. The number of ether oxygens (including phenoxy) is 1. The van der Waals surface area contributed by atoms with E-state index in [9.17, 15) is 0 Å². The largest absolute Gasteiger partial charge is 0.496 e. The molecule has 0 radical (unpaired) electrons. The van der Waals surface area contributed by atoms with Crippen LogP contribution in [0.15, 0.2) is 6.20 Å². The molecule has 3 heteroatoms. The van der Waals surface area contributed by atoms with Crippen molar-refractivity contribution in [1.82, 2.24) is 10.3 Å². The first-order valence-electron chi connectivity index (χ1n) is 6.30. The summed E-state index contributed by atoms with van der Waals surface area (Å²) in [5.74, 6) is 0.973. The third-order valence-corrected chi connectivity index (χ3v) is 3.23. The summed E-state index contributed by atoms with van der Waals surface area (Å²) in [6.07, 6.45) is 5.23. The van der Waals surface area contributed by atoms with E-state index in [4.69, 9.17) is 4.74 Å². The molecule has 17 heavy (non-hydrogen) atoms. The number of hydrogen-bond donors (Lipinski definition) is 1. The highest BCUT2D eigenvalue weighted by atomic mass is 16.5. The molecule has 0 saturated heterocycles. The second-order valence-electron chi connectivity index (χ2n) is 4.52. The normalized spacial score (nSPS) is 12.5. The first-order chi connectivity index (χ1) is 8.13. The van der Waals surface area contributed by atoms with Crippen molar-refractivity contribution >= 4 is 0 Å². The molecule has 1 aromatic rings. The molecule has 1 heterocycles. The van der Waals surface area contributed by atoms with Gasteiger partial charge in [-0.15, -0.1) is 0 Å². The molecule has 0 aliphatic carbocycles. The van der Waals surface area contributed by atoms with Crippen LogP contribution in [0, 0.1) is 13.8 Å². The Kier molecular flexibility index (Phi) is 5.42. The summed E-state index contributed by atoms with van der Waals surface area (Å²) in [7, 11) is 3.74. The number of nitrogens with zero attached hydrogens (tertiary/aromatic N) is 1. The number of nitrogens with one attached hydrogen (secondary N) is 1. The Hall–Kier alpha value is -1.09. The molecule has 1 N–H and O–H groups in total. The smallest absolute Gasteiger partial charge is 0.128 e. The highest BCUT2D eigenvalue weighted by Gasteiger charge is 2.13. The van der Waals surface area contributed by atoms with Crippen molar-refractivity contribution in [3.63, 3.8) is 0 Å². The van der Waals surface area contributed by atoms with E-state index < -0.39 is 0 Å². The molecule has 0 amide bonds. The summed E-state index contributed by atoms with van der Waals surface area (Å²) in [4.78, 5) is 4.54. The van der Waals surface area contributed by atoms with E-state index in [1.165, 1.54) is 18.4 Å². The maximum absolute atomic E-state index is 5.43. The Bertz CT molecular complexity index is 363. The summed E-state index contributed by atoms with van der Waals surface area (Å²) in [6.45, 7) is 6.33. The minimum absolute atomic E-state index is 0.499. The fourth-order valence-corrected chi connectivity index (χ4v) is 2.21. The molecule has 96 valence electrons. The molecule has 1 aromatic heterocycles. The molecule has 0 saturated carbocycles. The van der Waals surface area contributed by atoms with Crippen LogP contribution < -0.4 is 10.1 Å². The molecular weight excluding hydrogens is 212 g/mol. The number of likely N-dealkylation sites (N-methyl/N-ethyl adjacent to an activating group) is 1. The number of hydrogen-bond acceptors (Lipinski definition) is 3. The van der Waals surface area contributed by atoms with Crippen LogP contribution in [0.5, 0.6) is 5.75 Å². The summed E-state index contributed by atoms with van der Waals surface area (Å²) in [6, 6.07) is 0.499. The van der Waals surface area contributed by atoms with E-state index in [1.807, 2.05) is 20.2 Å². The summed E-state index contributed by atoms with van der Waals surface area (Å²) < 4.78 is 5.43. The van der Waals surface area contributed by atoms with E-state index >= 15 is 0 Å². The number of rotatable bonds is 6. The van der Waals surface area contributed by atoms with Gasteiger partial charge >= 0.3 is 0 Å². The molecule has 0 bridgehead atoms. The standard InChI is InChI=1S/C14H24N2O/c1-6-7-12(15-4)8-13-11(3)14(17-5)10(2)9-16-13/h9,12,15H,6-8H2,1-5H3. The lowest BCUT2D eigenvalue weighted by molar-refractivity contribution is 0.405. The van der Waals surface area contributed by atoms with E-state index in [0.29, 0.717) is 6.04 Å². The van der Waals surface area contributed by atoms with Gasteiger partial charge in [0.2, 0.25) is 0 Å². The van der Waals surface area contributed by atoms with Crippen molar-refractivity contribution in [3.8, 4) is 5.75 Å². The van der Waals surface area contributed by atoms with Crippen LogP contribution >= 0.6 is 0 Å². The lowest BCUT2D eigenvalue weighted by Crippen LogP contribution is -2.28. The summed E-state index contributed by atoms with van der Waals surface area (Å²) in [5.41, 5.74) is 3.41. The van der Waals surface area contributed by atoms with Crippen molar-refractivity contribution in [2.45, 2.75) is 46.1 Å². The topological polar surface area (TPSA) is 34.1 Å². The minimum atomic E-state index is 0.499. The fraction of sp³-hybridized carbons (Fsp3) is 0.643. The molecule has 0 aliphatic rings. The maximum Gasteiger partial charge on any atom is 0.128 e. The average molecular weight is 236 g/mol. The van der Waals surface area contributed by atoms with Gasteiger partial charge in [-0.05, 0) is 27.3 Å². The van der Waals surface area contributed by atoms with E-state index in [1.54, 1.807) is 7.11 Å². The van der Waals surface area contributed by atoms with Crippen molar-refractivity contribution in [3.05, 3.63) is 23.0 Å². The van der Waals surface area contributed by atoms with Crippen LogP contribution in [0.2, 0.25) is 0 Å². The zero-order valence-electron chi connectivity index (χ0n) is 11.6. The lowest BCUT2D eigenvalue weighted by Gasteiger charge is -2.18. The van der Waals surface area contributed by atoms with Gasteiger partial charge in [0.1, 0.15) is 5.75 Å². The lowest BCUT2D eigenvalue weighted by atomic mass is 10.0.